The van der Waals surface area contributed by atoms with Crippen LogP contribution in [0.1, 0.15) is 16.1 Å². The zero-order chi connectivity index (χ0) is 15.4. The van der Waals surface area contributed by atoms with E-state index in [4.69, 9.17) is 23.8 Å². The van der Waals surface area contributed by atoms with Gasteiger partial charge in [-0.1, -0.05) is 11.2 Å². The molecule has 21 heavy (non-hydrogen) atoms. The number of nitrogens with zero attached hydrogens (tertiary/aromatic N) is 1. The molecule has 0 radical (unpaired) electrons. The third-order valence-electron chi connectivity index (χ3n) is 2.90. The van der Waals surface area contributed by atoms with E-state index in [0.29, 0.717) is 29.4 Å². The molecule has 0 saturated carbocycles. The highest BCUT2D eigenvalue weighted by atomic mass is 16.5. The van der Waals surface area contributed by atoms with E-state index < -0.39 is 5.97 Å². The number of carboxylic acid groups (broad SMARTS) is 1. The minimum atomic E-state index is -1.18. The van der Waals surface area contributed by atoms with E-state index >= 15 is 0 Å². The first kappa shape index (κ1) is 14.9. The van der Waals surface area contributed by atoms with Crippen molar-refractivity contribution in [1.82, 2.24) is 5.16 Å². The van der Waals surface area contributed by atoms with E-state index in [0.717, 1.165) is 5.56 Å². The average Bonchev–Trinajstić information content (AvgIpc) is 2.96. The van der Waals surface area contributed by atoms with E-state index in [2.05, 4.69) is 5.16 Å². The Bertz CT molecular complexity index is 649. The number of ether oxygens (including phenoxy) is 3. The topological polar surface area (TPSA) is 91.0 Å². The summed E-state index contributed by atoms with van der Waals surface area (Å²) >= 11 is 0. The number of rotatable bonds is 6. The van der Waals surface area contributed by atoms with Gasteiger partial charge in [-0.05, 0) is 6.07 Å². The third kappa shape index (κ3) is 2.82. The van der Waals surface area contributed by atoms with Gasteiger partial charge in [-0.3, -0.25) is 0 Å². The standard InChI is InChI=1S/C14H15NO6/c1-18-7-8-4-5-9(13(20-3)12(8)19-2)10-6-11(14(16)17)21-15-10/h4-6H,7H2,1-3H3,(H,16,17). The lowest BCUT2D eigenvalue weighted by Gasteiger charge is -2.15. The summed E-state index contributed by atoms with van der Waals surface area (Å²) in [6, 6.07) is 4.88. The number of aromatic carboxylic acids is 1. The molecule has 7 nitrogen and oxygen atoms in total. The maximum Gasteiger partial charge on any atom is 0.374 e. The molecule has 0 amide bonds. The van der Waals surface area contributed by atoms with Crippen molar-refractivity contribution in [3.05, 3.63) is 29.5 Å². The molecule has 0 saturated heterocycles. The molecule has 1 N–H and O–H groups in total. The second kappa shape index (κ2) is 6.27. The maximum absolute atomic E-state index is 10.9. The van der Waals surface area contributed by atoms with Gasteiger partial charge in [0.25, 0.3) is 0 Å². The van der Waals surface area contributed by atoms with Crippen molar-refractivity contribution < 1.29 is 28.6 Å². The Labute approximate surface area is 121 Å². The predicted molar refractivity (Wildman–Crippen MR) is 72.7 cm³/mol. The molecule has 0 aliphatic carbocycles. The van der Waals surface area contributed by atoms with E-state index in [1.165, 1.54) is 20.3 Å². The van der Waals surface area contributed by atoms with Crippen LogP contribution in [0.4, 0.5) is 0 Å². The van der Waals surface area contributed by atoms with Gasteiger partial charge in [0.15, 0.2) is 11.5 Å². The first-order valence-corrected chi connectivity index (χ1v) is 6.05. The second-order valence-electron chi connectivity index (χ2n) is 4.15. The fourth-order valence-corrected chi connectivity index (χ4v) is 2.00. The largest absolute Gasteiger partial charge is 0.492 e. The first-order valence-electron chi connectivity index (χ1n) is 6.05. The number of aromatic nitrogens is 1. The number of carbonyl (C=O) groups is 1. The smallest absolute Gasteiger partial charge is 0.374 e. The van der Waals surface area contributed by atoms with Crippen molar-refractivity contribution in [3.63, 3.8) is 0 Å². The molecule has 0 atom stereocenters. The minimum absolute atomic E-state index is 0.244. The van der Waals surface area contributed by atoms with Crippen LogP contribution >= 0.6 is 0 Å². The highest BCUT2D eigenvalue weighted by Gasteiger charge is 2.20. The van der Waals surface area contributed by atoms with Crippen molar-refractivity contribution in [3.8, 4) is 22.8 Å². The minimum Gasteiger partial charge on any atom is -0.492 e. The Balaban J connectivity index is 2.54. The van der Waals surface area contributed by atoms with E-state index in [1.807, 2.05) is 0 Å². The summed E-state index contributed by atoms with van der Waals surface area (Å²) < 4.78 is 20.6. The van der Waals surface area contributed by atoms with Crippen LogP contribution in [0, 0.1) is 0 Å². The number of hydrogen-bond acceptors (Lipinski definition) is 6. The molecule has 1 heterocycles. The Kier molecular flexibility index (Phi) is 4.44. The zero-order valence-electron chi connectivity index (χ0n) is 11.9. The predicted octanol–water partition coefficient (Wildman–Crippen LogP) is 2.20. The lowest BCUT2D eigenvalue weighted by molar-refractivity contribution is 0.0652. The van der Waals surface area contributed by atoms with Crippen molar-refractivity contribution in [2.75, 3.05) is 21.3 Å². The molecule has 0 fully saturated rings. The van der Waals surface area contributed by atoms with E-state index in [9.17, 15) is 4.79 Å². The molecule has 2 aromatic rings. The number of methoxy groups -OCH3 is 3. The van der Waals surface area contributed by atoms with Crippen molar-refractivity contribution >= 4 is 5.97 Å². The van der Waals surface area contributed by atoms with Gasteiger partial charge in [0.05, 0.1) is 20.8 Å². The fraction of sp³-hybridized carbons (Fsp3) is 0.286. The van der Waals surface area contributed by atoms with Gasteiger partial charge in [-0.15, -0.1) is 0 Å². The van der Waals surface area contributed by atoms with Gasteiger partial charge < -0.3 is 23.8 Å². The second-order valence-corrected chi connectivity index (χ2v) is 4.15. The maximum atomic E-state index is 10.9. The first-order chi connectivity index (χ1) is 10.1. The Hall–Kier alpha value is -2.54. The van der Waals surface area contributed by atoms with Crippen LogP contribution in [0.15, 0.2) is 22.7 Å². The average molecular weight is 293 g/mol. The number of carboxylic acids is 1. The Morgan fingerprint density at radius 3 is 2.48 bits per heavy atom. The molecular weight excluding hydrogens is 278 g/mol. The SMILES string of the molecule is COCc1ccc(-c2cc(C(=O)O)on2)c(OC)c1OC. The van der Waals surface area contributed by atoms with Crippen molar-refractivity contribution in [2.24, 2.45) is 0 Å². The van der Waals surface area contributed by atoms with Crippen LogP contribution < -0.4 is 9.47 Å². The van der Waals surface area contributed by atoms with Crippen molar-refractivity contribution in [1.29, 1.82) is 0 Å². The van der Waals surface area contributed by atoms with Gasteiger partial charge in [-0.25, -0.2) is 4.79 Å². The summed E-state index contributed by atoms with van der Waals surface area (Å²) in [6.45, 7) is 0.360. The van der Waals surface area contributed by atoms with E-state index in [-0.39, 0.29) is 5.76 Å². The lowest BCUT2D eigenvalue weighted by Crippen LogP contribution is -1.99. The molecule has 7 heteroatoms. The summed E-state index contributed by atoms with van der Waals surface area (Å²) in [7, 11) is 4.60. The van der Waals surface area contributed by atoms with Gasteiger partial charge in [0, 0.05) is 24.3 Å². The number of benzene rings is 1. The summed E-state index contributed by atoms with van der Waals surface area (Å²) in [5, 5.41) is 12.6. The van der Waals surface area contributed by atoms with Gasteiger partial charge in [-0.2, -0.15) is 0 Å². The summed E-state index contributed by atoms with van der Waals surface area (Å²) in [6.07, 6.45) is 0. The van der Waals surface area contributed by atoms with Crippen LogP contribution in [0.5, 0.6) is 11.5 Å². The lowest BCUT2D eigenvalue weighted by atomic mass is 10.1. The van der Waals surface area contributed by atoms with Gasteiger partial charge in [0.1, 0.15) is 5.69 Å². The van der Waals surface area contributed by atoms with Crippen LogP contribution in [0.25, 0.3) is 11.3 Å². The number of hydrogen-bond donors (Lipinski definition) is 1. The molecule has 0 aliphatic heterocycles. The Morgan fingerprint density at radius 2 is 1.95 bits per heavy atom. The normalized spacial score (nSPS) is 10.4. The Morgan fingerprint density at radius 1 is 1.24 bits per heavy atom. The van der Waals surface area contributed by atoms with E-state index in [1.54, 1.807) is 19.2 Å². The monoisotopic (exact) mass is 293 g/mol. The molecule has 1 aromatic carbocycles. The molecule has 0 spiro atoms. The molecule has 112 valence electrons. The zero-order valence-corrected chi connectivity index (χ0v) is 11.9. The van der Waals surface area contributed by atoms with Crippen LogP contribution in [-0.4, -0.2) is 37.6 Å². The van der Waals surface area contributed by atoms with Gasteiger partial charge in [0.2, 0.25) is 5.76 Å². The summed E-state index contributed by atoms with van der Waals surface area (Å²) in [4.78, 5) is 10.9. The quantitative estimate of drug-likeness (QED) is 0.872. The van der Waals surface area contributed by atoms with Gasteiger partial charge >= 0.3 is 5.97 Å². The summed E-state index contributed by atoms with van der Waals surface area (Å²) in [5.41, 5.74) is 1.74. The molecule has 1 aromatic heterocycles. The highest BCUT2D eigenvalue weighted by molar-refractivity contribution is 5.86. The van der Waals surface area contributed by atoms with Crippen LogP contribution in [0.3, 0.4) is 0 Å². The molecule has 2 rings (SSSR count). The molecule has 0 unspecified atom stereocenters. The fourth-order valence-electron chi connectivity index (χ4n) is 2.00. The van der Waals surface area contributed by atoms with Crippen LogP contribution in [0.2, 0.25) is 0 Å². The highest BCUT2D eigenvalue weighted by Crippen LogP contribution is 2.40. The summed E-state index contributed by atoms with van der Waals surface area (Å²) in [5.74, 6) is -0.475. The molecular formula is C14H15NO6. The van der Waals surface area contributed by atoms with Crippen molar-refractivity contribution in [2.45, 2.75) is 6.61 Å². The third-order valence-corrected chi connectivity index (χ3v) is 2.90. The van der Waals surface area contributed by atoms with Crippen LogP contribution in [-0.2, 0) is 11.3 Å². The molecule has 0 bridgehead atoms. The molecule has 0 aliphatic rings.